The van der Waals surface area contributed by atoms with Gasteiger partial charge in [-0.25, -0.2) is 4.98 Å². The summed E-state index contributed by atoms with van der Waals surface area (Å²) in [6, 6.07) is 3.83. The van der Waals surface area contributed by atoms with E-state index in [-0.39, 0.29) is 0 Å². The number of nitrogens with zero attached hydrogens (tertiary/aromatic N) is 3. The average molecular weight is 246 g/mol. The molecule has 1 aliphatic carbocycles. The molecule has 2 fully saturated rings. The monoisotopic (exact) mass is 246 g/mol. The van der Waals surface area contributed by atoms with Crippen LogP contribution < -0.4 is 10.6 Å². The van der Waals surface area contributed by atoms with E-state index in [0.29, 0.717) is 0 Å². The van der Waals surface area contributed by atoms with Crippen molar-refractivity contribution in [1.82, 2.24) is 9.88 Å². The minimum atomic E-state index is 0.795. The molecular formula is C14H22N4. The fraction of sp³-hybridized carbons (Fsp3) is 0.643. The second-order valence-corrected chi connectivity index (χ2v) is 5.48. The van der Waals surface area contributed by atoms with Gasteiger partial charge in [0.2, 0.25) is 0 Å². The molecule has 1 aromatic heterocycles. The molecule has 4 nitrogen and oxygen atoms in total. The maximum atomic E-state index is 5.97. The Hall–Kier alpha value is -1.29. The van der Waals surface area contributed by atoms with Crippen molar-refractivity contribution in [2.75, 3.05) is 43.4 Å². The van der Waals surface area contributed by atoms with Gasteiger partial charge >= 0.3 is 0 Å². The Labute approximate surface area is 109 Å². The van der Waals surface area contributed by atoms with Crippen molar-refractivity contribution in [1.29, 1.82) is 0 Å². The van der Waals surface area contributed by atoms with Gasteiger partial charge in [0.25, 0.3) is 0 Å². The lowest BCUT2D eigenvalue weighted by Gasteiger charge is -2.35. The van der Waals surface area contributed by atoms with Crippen molar-refractivity contribution in [2.45, 2.75) is 19.3 Å². The molecule has 2 aliphatic rings. The quantitative estimate of drug-likeness (QED) is 0.876. The zero-order chi connectivity index (χ0) is 12.4. The first-order chi connectivity index (χ1) is 8.83. The topological polar surface area (TPSA) is 45.4 Å². The summed E-state index contributed by atoms with van der Waals surface area (Å²) in [6.07, 6.45) is 6.14. The van der Waals surface area contributed by atoms with Crippen LogP contribution in [-0.2, 0) is 0 Å². The lowest BCUT2D eigenvalue weighted by Crippen LogP contribution is -2.47. The fourth-order valence-corrected chi connectivity index (χ4v) is 2.63. The highest BCUT2D eigenvalue weighted by Crippen LogP contribution is 2.32. The first-order valence-electron chi connectivity index (χ1n) is 7.01. The van der Waals surface area contributed by atoms with Crippen LogP contribution >= 0.6 is 0 Å². The lowest BCUT2D eigenvalue weighted by atomic mass is 10.2. The molecule has 98 valence electrons. The summed E-state index contributed by atoms with van der Waals surface area (Å²) < 4.78 is 0. The number of nitrogen functional groups attached to an aromatic ring is 1. The van der Waals surface area contributed by atoms with Crippen LogP contribution in [0.3, 0.4) is 0 Å². The van der Waals surface area contributed by atoms with Crippen molar-refractivity contribution in [2.24, 2.45) is 5.92 Å². The van der Waals surface area contributed by atoms with Gasteiger partial charge in [0.1, 0.15) is 0 Å². The van der Waals surface area contributed by atoms with E-state index < -0.39 is 0 Å². The summed E-state index contributed by atoms with van der Waals surface area (Å²) in [6.45, 7) is 5.65. The Morgan fingerprint density at radius 1 is 1.22 bits per heavy atom. The lowest BCUT2D eigenvalue weighted by molar-refractivity contribution is 0.250. The van der Waals surface area contributed by atoms with Crippen molar-refractivity contribution >= 4 is 11.5 Å². The van der Waals surface area contributed by atoms with Crippen LogP contribution in [0.2, 0.25) is 0 Å². The van der Waals surface area contributed by atoms with Crippen LogP contribution in [-0.4, -0.2) is 42.6 Å². The zero-order valence-corrected chi connectivity index (χ0v) is 10.9. The van der Waals surface area contributed by atoms with Gasteiger partial charge in [0.05, 0.1) is 5.69 Å². The molecule has 2 heterocycles. The van der Waals surface area contributed by atoms with Gasteiger partial charge in [-0.15, -0.1) is 0 Å². The number of nitrogens with two attached hydrogens (primary N) is 1. The SMILES string of the molecule is Nc1cccnc1N1CCN(CCC2CC2)CC1. The third-order valence-electron chi connectivity index (χ3n) is 4.04. The fourth-order valence-electron chi connectivity index (χ4n) is 2.63. The molecule has 0 bridgehead atoms. The van der Waals surface area contributed by atoms with Crippen LogP contribution in [0.1, 0.15) is 19.3 Å². The summed E-state index contributed by atoms with van der Waals surface area (Å²) >= 11 is 0. The molecule has 1 aliphatic heterocycles. The Morgan fingerprint density at radius 3 is 2.67 bits per heavy atom. The normalized spacial score (nSPS) is 21.2. The van der Waals surface area contributed by atoms with Gasteiger partial charge in [0, 0.05) is 32.4 Å². The smallest absolute Gasteiger partial charge is 0.151 e. The molecule has 1 aromatic rings. The zero-order valence-electron chi connectivity index (χ0n) is 10.9. The second-order valence-electron chi connectivity index (χ2n) is 5.48. The van der Waals surface area contributed by atoms with Crippen molar-refractivity contribution in [3.63, 3.8) is 0 Å². The van der Waals surface area contributed by atoms with Gasteiger partial charge in [-0.1, -0.05) is 12.8 Å². The van der Waals surface area contributed by atoms with Gasteiger partial charge in [-0.05, 0) is 31.0 Å². The van der Waals surface area contributed by atoms with Crippen LogP contribution in [0.5, 0.6) is 0 Å². The molecule has 0 unspecified atom stereocenters. The summed E-state index contributed by atoms with van der Waals surface area (Å²) in [7, 11) is 0. The Kier molecular flexibility index (Phi) is 3.37. The molecule has 0 spiro atoms. The van der Waals surface area contributed by atoms with E-state index in [0.717, 1.165) is 43.6 Å². The van der Waals surface area contributed by atoms with Crippen LogP contribution in [0.25, 0.3) is 0 Å². The molecule has 1 saturated heterocycles. The predicted molar refractivity (Wildman–Crippen MR) is 74.6 cm³/mol. The van der Waals surface area contributed by atoms with E-state index in [2.05, 4.69) is 14.8 Å². The summed E-state index contributed by atoms with van der Waals surface area (Å²) in [5.74, 6) is 1.99. The third-order valence-corrected chi connectivity index (χ3v) is 4.04. The number of piperazine rings is 1. The van der Waals surface area contributed by atoms with Gasteiger partial charge in [-0.2, -0.15) is 0 Å². The predicted octanol–water partition coefficient (Wildman–Crippen LogP) is 1.59. The van der Waals surface area contributed by atoms with Crippen molar-refractivity contribution in [3.05, 3.63) is 18.3 Å². The Balaban J connectivity index is 1.51. The number of pyridine rings is 1. The molecule has 18 heavy (non-hydrogen) atoms. The van der Waals surface area contributed by atoms with E-state index in [1.165, 1.54) is 25.8 Å². The highest BCUT2D eigenvalue weighted by atomic mass is 15.3. The molecule has 4 heteroatoms. The van der Waals surface area contributed by atoms with E-state index >= 15 is 0 Å². The molecule has 0 atom stereocenters. The molecule has 0 radical (unpaired) electrons. The van der Waals surface area contributed by atoms with Crippen LogP contribution in [0.4, 0.5) is 11.5 Å². The van der Waals surface area contributed by atoms with E-state index in [4.69, 9.17) is 5.73 Å². The van der Waals surface area contributed by atoms with E-state index in [1.54, 1.807) is 0 Å². The third kappa shape index (κ3) is 2.75. The largest absolute Gasteiger partial charge is 0.396 e. The molecule has 1 saturated carbocycles. The number of hydrogen-bond acceptors (Lipinski definition) is 4. The maximum absolute atomic E-state index is 5.97. The molecule has 2 N–H and O–H groups in total. The maximum Gasteiger partial charge on any atom is 0.151 e. The number of rotatable bonds is 4. The Morgan fingerprint density at radius 2 is 2.00 bits per heavy atom. The number of anilines is 2. The number of aromatic nitrogens is 1. The van der Waals surface area contributed by atoms with Crippen molar-refractivity contribution in [3.8, 4) is 0 Å². The van der Waals surface area contributed by atoms with Crippen LogP contribution in [0.15, 0.2) is 18.3 Å². The van der Waals surface area contributed by atoms with Gasteiger partial charge in [0.15, 0.2) is 5.82 Å². The van der Waals surface area contributed by atoms with Gasteiger partial charge in [-0.3, -0.25) is 4.90 Å². The average Bonchev–Trinajstić information content (AvgIpc) is 3.22. The Bertz CT molecular complexity index is 395. The molecule has 0 amide bonds. The van der Waals surface area contributed by atoms with E-state index in [1.807, 2.05) is 18.3 Å². The molecular weight excluding hydrogens is 224 g/mol. The van der Waals surface area contributed by atoms with Gasteiger partial charge < -0.3 is 10.6 Å². The van der Waals surface area contributed by atoms with Crippen molar-refractivity contribution < 1.29 is 0 Å². The first-order valence-corrected chi connectivity index (χ1v) is 7.01. The second kappa shape index (κ2) is 5.14. The van der Waals surface area contributed by atoms with Crippen LogP contribution in [0, 0.1) is 5.92 Å². The minimum absolute atomic E-state index is 0.795. The molecule has 0 aromatic carbocycles. The van der Waals surface area contributed by atoms with E-state index in [9.17, 15) is 0 Å². The summed E-state index contributed by atoms with van der Waals surface area (Å²) in [5.41, 5.74) is 6.77. The highest BCUT2D eigenvalue weighted by Gasteiger charge is 2.24. The number of hydrogen-bond donors (Lipinski definition) is 1. The standard InChI is InChI=1S/C14H22N4/c15-13-2-1-6-16-14(13)18-10-8-17(9-11-18)7-5-12-3-4-12/h1-2,6,12H,3-5,7-11,15H2. The summed E-state index contributed by atoms with van der Waals surface area (Å²) in [4.78, 5) is 9.28. The highest BCUT2D eigenvalue weighted by molar-refractivity contribution is 5.62. The first kappa shape index (κ1) is 11.8. The minimum Gasteiger partial charge on any atom is -0.396 e. The summed E-state index contributed by atoms with van der Waals surface area (Å²) in [5, 5.41) is 0. The molecule has 3 rings (SSSR count).